The molecule has 2 nitrogen and oxygen atoms in total. The molecule has 1 aromatic carbocycles. The van der Waals surface area contributed by atoms with Gasteiger partial charge in [-0.1, -0.05) is 41.9 Å². The molecular formula is C14H16Cl2N2. The van der Waals surface area contributed by atoms with E-state index in [1.165, 1.54) is 5.56 Å². The van der Waals surface area contributed by atoms with E-state index in [2.05, 4.69) is 29.4 Å². The molecule has 0 aliphatic heterocycles. The Morgan fingerprint density at radius 2 is 1.94 bits per heavy atom. The number of hydrogen-bond donors (Lipinski definition) is 0. The van der Waals surface area contributed by atoms with Crippen LogP contribution < -0.4 is 0 Å². The molecule has 0 unspecified atom stereocenters. The Hall–Kier alpha value is -0.990. The van der Waals surface area contributed by atoms with Crippen LogP contribution in [0.1, 0.15) is 23.2 Å². The molecule has 0 amide bonds. The van der Waals surface area contributed by atoms with Crippen LogP contribution >= 0.6 is 23.2 Å². The van der Waals surface area contributed by atoms with Gasteiger partial charge in [0.25, 0.3) is 0 Å². The van der Waals surface area contributed by atoms with Gasteiger partial charge in [0.05, 0.1) is 11.6 Å². The topological polar surface area (TPSA) is 17.8 Å². The summed E-state index contributed by atoms with van der Waals surface area (Å²) in [6.07, 6.45) is 2.05. The molecule has 0 N–H and O–H groups in total. The van der Waals surface area contributed by atoms with Gasteiger partial charge in [0, 0.05) is 12.1 Å². The van der Waals surface area contributed by atoms with Crippen molar-refractivity contribution in [3.63, 3.8) is 0 Å². The van der Waals surface area contributed by atoms with Crippen LogP contribution in [-0.4, -0.2) is 9.78 Å². The normalized spacial score (nSPS) is 10.8. The van der Waals surface area contributed by atoms with E-state index in [1.54, 1.807) is 0 Å². The number of rotatable bonds is 5. The highest BCUT2D eigenvalue weighted by Gasteiger charge is 2.11. The van der Waals surface area contributed by atoms with Crippen molar-refractivity contribution in [3.8, 4) is 0 Å². The van der Waals surface area contributed by atoms with Gasteiger partial charge in [-0.25, -0.2) is 0 Å². The Balaban J connectivity index is 1.95. The van der Waals surface area contributed by atoms with Gasteiger partial charge in [-0.3, -0.25) is 4.68 Å². The summed E-state index contributed by atoms with van der Waals surface area (Å²) in [5, 5.41) is 5.09. The van der Waals surface area contributed by atoms with Gasteiger partial charge in [0.1, 0.15) is 5.15 Å². The number of alkyl halides is 1. The van der Waals surface area contributed by atoms with Gasteiger partial charge in [-0.2, -0.15) is 5.10 Å². The smallest absolute Gasteiger partial charge is 0.131 e. The van der Waals surface area contributed by atoms with Gasteiger partial charge in [-0.05, 0) is 25.3 Å². The minimum Gasteiger partial charge on any atom is -0.253 e. The molecule has 2 aromatic rings. The van der Waals surface area contributed by atoms with Crippen molar-refractivity contribution in [2.45, 2.75) is 32.2 Å². The second-order valence-electron chi connectivity index (χ2n) is 4.30. The number of halogens is 2. The molecule has 0 bridgehead atoms. The van der Waals surface area contributed by atoms with Gasteiger partial charge >= 0.3 is 0 Å². The average Bonchev–Trinajstić information content (AvgIpc) is 2.65. The van der Waals surface area contributed by atoms with Gasteiger partial charge in [0.15, 0.2) is 0 Å². The Morgan fingerprint density at radius 3 is 2.56 bits per heavy atom. The highest BCUT2D eigenvalue weighted by molar-refractivity contribution is 6.31. The summed E-state index contributed by atoms with van der Waals surface area (Å²) >= 11 is 12.1. The lowest BCUT2D eigenvalue weighted by molar-refractivity contribution is 0.576. The molecule has 0 atom stereocenters. The number of nitrogens with zero attached hydrogens (tertiary/aromatic N) is 2. The Morgan fingerprint density at radius 1 is 1.22 bits per heavy atom. The molecule has 1 aromatic heterocycles. The molecule has 0 saturated carbocycles. The molecule has 0 aliphatic rings. The Bertz CT molecular complexity index is 506. The fourth-order valence-electron chi connectivity index (χ4n) is 1.97. The molecule has 2 rings (SSSR count). The Kier molecular flexibility index (Phi) is 4.67. The van der Waals surface area contributed by atoms with Crippen molar-refractivity contribution >= 4 is 23.2 Å². The molecule has 4 heteroatoms. The minimum absolute atomic E-state index is 0.420. The van der Waals surface area contributed by atoms with Crippen molar-refractivity contribution < 1.29 is 0 Å². The second kappa shape index (κ2) is 6.26. The molecule has 0 saturated heterocycles. The van der Waals surface area contributed by atoms with Crippen molar-refractivity contribution in [2.24, 2.45) is 0 Å². The minimum atomic E-state index is 0.420. The number of aromatic nitrogens is 2. The van der Waals surface area contributed by atoms with E-state index >= 15 is 0 Å². The fourth-order valence-corrected chi connectivity index (χ4v) is 2.68. The summed E-state index contributed by atoms with van der Waals surface area (Å²) in [6, 6.07) is 10.4. The lowest BCUT2D eigenvalue weighted by atomic mass is 10.1. The molecular weight excluding hydrogens is 267 g/mol. The monoisotopic (exact) mass is 282 g/mol. The standard InChI is InChI=1S/C14H16Cl2N2/c1-11-13(10-15)14(16)18(17-11)9-5-8-12-6-3-2-4-7-12/h2-4,6-7H,5,8-10H2,1H3. The first-order valence-electron chi connectivity index (χ1n) is 6.04. The third kappa shape index (κ3) is 3.06. The van der Waals surface area contributed by atoms with Gasteiger partial charge < -0.3 is 0 Å². The zero-order chi connectivity index (χ0) is 13.0. The average molecular weight is 283 g/mol. The largest absolute Gasteiger partial charge is 0.253 e. The van der Waals surface area contributed by atoms with Crippen LogP contribution in [0.15, 0.2) is 30.3 Å². The molecule has 18 heavy (non-hydrogen) atoms. The predicted molar refractivity (Wildman–Crippen MR) is 76.3 cm³/mol. The number of aryl methyl sites for hydroxylation is 3. The highest BCUT2D eigenvalue weighted by atomic mass is 35.5. The molecule has 0 radical (unpaired) electrons. The zero-order valence-electron chi connectivity index (χ0n) is 10.4. The lowest BCUT2D eigenvalue weighted by Crippen LogP contribution is -2.02. The van der Waals surface area contributed by atoms with Crippen LogP contribution in [-0.2, 0) is 18.8 Å². The van der Waals surface area contributed by atoms with Gasteiger partial charge in [-0.15, -0.1) is 11.6 Å². The summed E-state index contributed by atoms with van der Waals surface area (Å²) in [4.78, 5) is 0. The number of benzene rings is 1. The van der Waals surface area contributed by atoms with Crippen LogP contribution in [0, 0.1) is 6.92 Å². The first-order chi connectivity index (χ1) is 8.72. The van der Waals surface area contributed by atoms with E-state index in [0.29, 0.717) is 11.0 Å². The van der Waals surface area contributed by atoms with E-state index in [1.807, 2.05) is 17.7 Å². The maximum Gasteiger partial charge on any atom is 0.131 e. The maximum atomic E-state index is 6.23. The fraction of sp³-hybridized carbons (Fsp3) is 0.357. The SMILES string of the molecule is Cc1nn(CCCc2ccccc2)c(Cl)c1CCl. The van der Waals surface area contributed by atoms with Gasteiger partial charge in [0.2, 0.25) is 0 Å². The summed E-state index contributed by atoms with van der Waals surface area (Å²) < 4.78 is 1.84. The maximum absolute atomic E-state index is 6.23. The van der Waals surface area contributed by atoms with Crippen LogP contribution in [0.3, 0.4) is 0 Å². The van der Waals surface area contributed by atoms with Crippen LogP contribution in [0.5, 0.6) is 0 Å². The van der Waals surface area contributed by atoms with Crippen molar-refractivity contribution in [1.29, 1.82) is 0 Å². The summed E-state index contributed by atoms with van der Waals surface area (Å²) in [7, 11) is 0. The summed E-state index contributed by atoms with van der Waals surface area (Å²) in [5.74, 6) is 0.420. The summed E-state index contributed by atoms with van der Waals surface area (Å²) in [5.41, 5.74) is 3.21. The first kappa shape index (κ1) is 13.4. The lowest BCUT2D eigenvalue weighted by Gasteiger charge is -2.04. The van der Waals surface area contributed by atoms with Crippen molar-refractivity contribution in [1.82, 2.24) is 9.78 Å². The van der Waals surface area contributed by atoms with E-state index in [0.717, 1.165) is 30.6 Å². The van der Waals surface area contributed by atoms with Crippen molar-refractivity contribution in [2.75, 3.05) is 0 Å². The molecule has 96 valence electrons. The second-order valence-corrected chi connectivity index (χ2v) is 4.93. The van der Waals surface area contributed by atoms with E-state index in [-0.39, 0.29) is 0 Å². The van der Waals surface area contributed by atoms with E-state index < -0.39 is 0 Å². The molecule has 1 heterocycles. The van der Waals surface area contributed by atoms with E-state index in [9.17, 15) is 0 Å². The highest BCUT2D eigenvalue weighted by Crippen LogP contribution is 2.21. The van der Waals surface area contributed by atoms with Crippen LogP contribution in [0.2, 0.25) is 5.15 Å². The quantitative estimate of drug-likeness (QED) is 0.751. The molecule has 0 spiro atoms. The number of hydrogen-bond acceptors (Lipinski definition) is 1. The molecule has 0 fully saturated rings. The van der Waals surface area contributed by atoms with Crippen molar-refractivity contribution in [3.05, 3.63) is 52.3 Å². The Labute approximate surface area is 118 Å². The van der Waals surface area contributed by atoms with Crippen LogP contribution in [0.4, 0.5) is 0 Å². The first-order valence-corrected chi connectivity index (χ1v) is 6.95. The summed E-state index contributed by atoms with van der Waals surface area (Å²) in [6.45, 7) is 2.77. The third-order valence-electron chi connectivity index (χ3n) is 2.99. The van der Waals surface area contributed by atoms with E-state index in [4.69, 9.17) is 23.2 Å². The van der Waals surface area contributed by atoms with Crippen LogP contribution in [0.25, 0.3) is 0 Å². The third-order valence-corrected chi connectivity index (χ3v) is 3.69. The molecule has 0 aliphatic carbocycles. The predicted octanol–water partition coefficient (Wildman–Crippen LogP) is 4.22. The zero-order valence-corrected chi connectivity index (χ0v) is 11.9.